The van der Waals surface area contributed by atoms with E-state index < -0.39 is 0 Å². The molecule has 0 heterocycles. The highest BCUT2D eigenvalue weighted by atomic mass is 79.9. The first-order valence-corrected chi connectivity index (χ1v) is 6.45. The van der Waals surface area contributed by atoms with Gasteiger partial charge in [-0.1, -0.05) is 12.1 Å². The largest absolute Gasteiger partial charge is 0.380 e. The molecule has 0 spiro atoms. The van der Waals surface area contributed by atoms with Crippen molar-refractivity contribution in [2.45, 2.75) is 13.8 Å². The summed E-state index contributed by atoms with van der Waals surface area (Å²) in [5, 5.41) is 0. The van der Waals surface area contributed by atoms with Gasteiger partial charge in [-0.05, 0) is 41.4 Å². The van der Waals surface area contributed by atoms with Gasteiger partial charge in [0, 0.05) is 24.7 Å². The van der Waals surface area contributed by atoms with Gasteiger partial charge in [0.25, 0.3) is 5.91 Å². The summed E-state index contributed by atoms with van der Waals surface area (Å²) in [5.41, 5.74) is 1.76. The second-order valence-electron chi connectivity index (χ2n) is 3.86. The number of halogens is 1. The zero-order valence-corrected chi connectivity index (χ0v) is 12.1. The third kappa shape index (κ3) is 3.82. The number of hydrogen-bond acceptors (Lipinski definition) is 2. The fourth-order valence-electron chi connectivity index (χ4n) is 1.47. The Morgan fingerprint density at radius 3 is 2.82 bits per heavy atom. The predicted octanol–water partition coefficient (Wildman–Crippen LogP) is 2.87. The lowest BCUT2D eigenvalue weighted by molar-refractivity contribution is 0.0709. The summed E-state index contributed by atoms with van der Waals surface area (Å²) in [5.74, 6) is 0.0141. The SMILES string of the molecule is CCOCCN(C)C(=O)c1cccc(C)c1Br. The van der Waals surface area contributed by atoms with E-state index in [2.05, 4.69) is 15.9 Å². The van der Waals surface area contributed by atoms with Crippen molar-refractivity contribution < 1.29 is 9.53 Å². The summed E-state index contributed by atoms with van der Waals surface area (Å²) in [6.45, 7) is 5.77. The molecule has 0 unspecified atom stereocenters. The lowest BCUT2D eigenvalue weighted by Gasteiger charge is -2.18. The number of benzene rings is 1. The summed E-state index contributed by atoms with van der Waals surface area (Å²) in [6, 6.07) is 5.70. The van der Waals surface area contributed by atoms with Gasteiger partial charge < -0.3 is 9.64 Å². The Morgan fingerprint density at radius 1 is 1.47 bits per heavy atom. The number of rotatable bonds is 5. The Morgan fingerprint density at radius 2 is 2.18 bits per heavy atom. The molecule has 0 fully saturated rings. The van der Waals surface area contributed by atoms with Gasteiger partial charge in [0.1, 0.15) is 0 Å². The third-order valence-corrected chi connectivity index (χ3v) is 3.60. The van der Waals surface area contributed by atoms with Crippen LogP contribution in [-0.2, 0) is 4.74 Å². The average molecular weight is 300 g/mol. The molecule has 1 aromatic rings. The van der Waals surface area contributed by atoms with Crippen molar-refractivity contribution in [1.82, 2.24) is 4.90 Å². The molecule has 0 saturated carbocycles. The number of amides is 1. The second-order valence-corrected chi connectivity index (χ2v) is 4.65. The van der Waals surface area contributed by atoms with Crippen LogP contribution in [0.25, 0.3) is 0 Å². The fourth-order valence-corrected chi connectivity index (χ4v) is 1.90. The van der Waals surface area contributed by atoms with Crippen molar-refractivity contribution in [3.63, 3.8) is 0 Å². The standard InChI is InChI=1S/C13H18BrNO2/c1-4-17-9-8-15(3)13(16)11-7-5-6-10(2)12(11)14/h5-7H,4,8-9H2,1-3H3. The molecule has 0 aliphatic rings. The quantitative estimate of drug-likeness (QED) is 0.783. The molecule has 1 amide bonds. The number of hydrogen-bond donors (Lipinski definition) is 0. The molecule has 0 N–H and O–H groups in total. The van der Waals surface area contributed by atoms with Crippen molar-refractivity contribution in [2.75, 3.05) is 26.8 Å². The maximum absolute atomic E-state index is 12.2. The molecule has 0 radical (unpaired) electrons. The van der Waals surface area contributed by atoms with Crippen LogP contribution in [0.1, 0.15) is 22.8 Å². The van der Waals surface area contributed by atoms with E-state index in [1.54, 1.807) is 11.9 Å². The zero-order chi connectivity index (χ0) is 12.8. The van der Waals surface area contributed by atoms with Gasteiger partial charge in [0.05, 0.1) is 12.2 Å². The van der Waals surface area contributed by atoms with Gasteiger partial charge in [-0.15, -0.1) is 0 Å². The van der Waals surface area contributed by atoms with E-state index in [4.69, 9.17) is 4.74 Å². The molecule has 1 aromatic carbocycles. The van der Waals surface area contributed by atoms with Gasteiger partial charge in [0.2, 0.25) is 0 Å². The smallest absolute Gasteiger partial charge is 0.254 e. The molecular weight excluding hydrogens is 282 g/mol. The lowest BCUT2D eigenvalue weighted by atomic mass is 10.1. The van der Waals surface area contributed by atoms with Crippen LogP contribution in [0.2, 0.25) is 0 Å². The number of aryl methyl sites for hydroxylation is 1. The summed E-state index contributed by atoms with van der Waals surface area (Å²) in [6.07, 6.45) is 0. The number of ether oxygens (including phenoxy) is 1. The topological polar surface area (TPSA) is 29.5 Å². The first-order valence-electron chi connectivity index (χ1n) is 5.66. The molecule has 17 heavy (non-hydrogen) atoms. The summed E-state index contributed by atoms with van der Waals surface area (Å²) < 4.78 is 6.11. The van der Waals surface area contributed by atoms with E-state index in [1.165, 1.54) is 0 Å². The normalized spacial score (nSPS) is 10.4. The molecular formula is C13H18BrNO2. The summed E-state index contributed by atoms with van der Waals surface area (Å²) in [4.78, 5) is 13.8. The molecule has 0 saturated heterocycles. The van der Waals surface area contributed by atoms with Crippen LogP contribution in [0, 0.1) is 6.92 Å². The molecule has 0 aliphatic heterocycles. The van der Waals surface area contributed by atoms with E-state index in [0.717, 1.165) is 10.0 Å². The highest BCUT2D eigenvalue weighted by molar-refractivity contribution is 9.10. The maximum atomic E-state index is 12.2. The summed E-state index contributed by atoms with van der Waals surface area (Å²) in [7, 11) is 1.79. The molecule has 0 aliphatic carbocycles. The molecule has 1 rings (SSSR count). The summed E-state index contributed by atoms with van der Waals surface area (Å²) >= 11 is 3.45. The zero-order valence-electron chi connectivity index (χ0n) is 10.5. The van der Waals surface area contributed by atoms with E-state index >= 15 is 0 Å². The third-order valence-electron chi connectivity index (χ3n) is 2.54. The van der Waals surface area contributed by atoms with E-state index in [9.17, 15) is 4.79 Å². The van der Waals surface area contributed by atoms with E-state index in [0.29, 0.717) is 25.3 Å². The fraction of sp³-hybridized carbons (Fsp3) is 0.462. The first-order chi connectivity index (χ1) is 8.07. The van der Waals surface area contributed by atoms with Gasteiger partial charge in [0.15, 0.2) is 0 Å². The highest BCUT2D eigenvalue weighted by Gasteiger charge is 2.15. The molecule has 0 bridgehead atoms. The Kier molecular flexibility index (Phi) is 5.65. The first kappa shape index (κ1) is 14.2. The van der Waals surface area contributed by atoms with Gasteiger partial charge >= 0.3 is 0 Å². The Hall–Kier alpha value is -0.870. The lowest BCUT2D eigenvalue weighted by Crippen LogP contribution is -2.30. The van der Waals surface area contributed by atoms with E-state index in [-0.39, 0.29) is 5.91 Å². The molecule has 3 nitrogen and oxygen atoms in total. The van der Waals surface area contributed by atoms with E-state index in [1.807, 2.05) is 32.0 Å². The van der Waals surface area contributed by atoms with Gasteiger partial charge in [-0.25, -0.2) is 0 Å². The van der Waals surface area contributed by atoms with Crippen LogP contribution < -0.4 is 0 Å². The van der Waals surface area contributed by atoms with Crippen molar-refractivity contribution in [3.05, 3.63) is 33.8 Å². The minimum atomic E-state index is 0.0141. The number of carbonyl (C=O) groups excluding carboxylic acids is 1. The number of nitrogens with zero attached hydrogens (tertiary/aromatic N) is 1. The van der Waals surface area contributed by atoms with Crippen LogP contribution in [0.5, 0.6) is 0 Å². The van der Waals surface area contributed by atoms with Crippen LogP contribution in [-0.4, -0.2) is 37.6 Å². The van der Waals surface area contributed by atoms with Crippen molar-refractivity contribution in [3.8, 4) is 0 Å². The van der Waals surface area contributed by atoms with Gasteiger partial charge in [-0.3, -0.25) is 4.79 Å². The molecule has 0 atom stereocenters. The molecule has 94 valence electrons. The van der Waals surface area contributed by atoms with Gasteiger partial charge in [-0.2, -0.15) is 0 Å². The minimum absolute atomic E-state index is 0.0141. The maximum Gasteiger partial charge on any atom is 0.254 e. The van der Waals surface area contributed by atoms with Crippen molar-refractivity contribution >= 4 is 21.8 Å². The Labute approximate surface area is 111 Å². The Bertz CT molecular complexity index is 393. The predicted molar refractivity (Wildman–Crippen MR) is 72.3 cm³/mol. The molecule has 0 aromatic heterocycles. The number of likely N-dealkylation sites (N-methyl/N-ethyl adjacent to an activating group) is 1. The van der Waals surface area contributed by atoms with Crippen molar-refractivity contribution in [1.29, 1.82) is 0 Å². The minimum Gasteiger partial charge on any atom is -0.380 e. The Balaban J connectivity index is 2.71. The highest BCUT2D eigenvalue weighted by Crippen LogP contribution is 2.22. The van der Waals surface area contributed by atoms with Crippen LogP contribution >= 0.6 is 15.9 Å². The second kappa shape index (κ2) is 6.77. The molecule has 4 heteroatoms. The van der Waals surface area contributed by atoms with Crippen LogP contribution in [0.3, 0.4) is 0 Å². The van der Waals surface area contributed by atoms with Crippen LogP contribution in [0.4, 0.5) is 0 Å². The number of carbonyl (C=O) groups is 1. The monoisotopic (exact) mass is 299 g/mol. The average Bonchev–Trinajstić information content (AvgIpc) is 2.32. The van der Waals surface area contributed by atoms with Crippen LogP contribution in [0.15, 0.2) is 22.7 Å². The van der Waals surface area contributed by atoms with Crippen molar-refractivity contribution in [2.24, 2.45) is 0 Å².